The largest absolute Gasteiger partial charge is 0.275 e. The van der Waals surface area contributed by atoms with Gasteiger partial charge in [0.1, 0.15) is 4.83 Å². The van der Waals surface area contributed by atoms with E-state index in [1.54, 1.807) is 18.3 Å². The van der Waals surface area contributed by atoms with E-state index in [0.717, 1.165) is 36.1 Å². The van der Waals surface area contributed by atoms with E-state index in [2.05, 4.69) is 17.6 Å². The lowest BCUT2D eigenvalue weighted by Crippen LogP contribution is -2.36. The first-order chi connectivity index (χ1) is 14.5. The van der Waals surface area contributed by atoms with Gasteiger partial charge in [-0.2, -0.15) is 5.01 Å². The van der Waals surface area contributed by atoms with Gasteiger partial charge >= 0.3 is 0 Å². The highest BCUT2D eigenvalue weighted by molar-refractivity contribution is 7.22. The predicted octanol–water partition coefficient (Wildman–Crippen LogP) is 5.04. The van der Waals surface area contributed by atoms with Crippen LogP contribution in [0.25, 0.3) is 31.4 Å². The fourth-order valence-corrected chi connectivity index (χ4v) is 5.24. The van der Waals surface area contributed by atoms with Crippen molar-refractivity contribution in [1.82, 2.24) is 15.0 Å². The van der Waals surface area contributed by atoms with Gasteiger partial charge in [0.25, 0.3) is 11.8 Å². The molecule has 8 heteroatoms. The van der Waals surface area contributed by atoms with E-state index in [1.165, 1.54) is 17.4 Å². The number of rotatable bonds is 4. The Hall–Kier alpha value is -3.36. The van der Waals surface area contributed by atoms with Crippen LogP contribution in [0.3, 0.4) is 0 Å². The second-order valence-electron chi connectivity index (χ2n) is 6.89. The van der Waals surface area contributed by atoms with Gasteiger partial charge in [0.05, 0.1) is 10.3 Å². The highest BCUT2D eigenvalue weighted by atomic mass is 32.1. The number of benzene rings is 1. The summed E-state index contributed by atoms with van der Waals surface area (Å²) < 4.78 is 0. The Kier molecular flexibility index (Phi) is 4.45. The molecule has 1 aliphatic heterocycles. The summed E-state index contributed by atoms with van der Waals surface area (Å²) in [5.74, 6) is 0.229. The number of carbonyl (C=O) groups is 2. The molecular formula is C22H16N4O2S2. The van der Waals surface area contributed by atoms with Crippen molar-refractivity contribution < 1.29 is 9.59 Å². The summed E-state index contributed by atoms with van der Waals surface area (Å²) in [6.45, 7) is 3.63. The number of thiophene rings is 2. The minimum absolute atomic E-state index is 0.374. The van der Waals surface area contributed by atoms with Crippen LogP contribution < -0.4 is 5.43 Å². The molecule has 3 aromatic heterocycles. The predicted molar refractivity (Wildman–Crippen MR) is 120 cm³/mol. The van der Waals surface area contributed by atoms with E-state index in [-0.39, 0.29) is 5.91 Å². The standard InChI is InChI=1S/C22H16N4O2S2/c1-12-11-16(27)26(22(12)28)25-20-17-13(2)18(14-7-4-3-5-8-14)30-21(17)24-19(23-20)15-9-6-10-29-15/h3-11H,1-2H3,(H,23,24,25). The number of hydrazine groups is 1. The quantitative estimate of drug-likeness (QED) is 0.458. The van der Waals surface area contributed by atoms with Gasteiger partial charge < -0.3 is 0 Å². The summed E-state index contributed by atoms with van der Waals surface area (Å²) in [6.07, 6.45) is 1.32. The Labute approximate surface area is 180 Å². The number of hydrogen-bond donors (Lipinski definition) is 1. The summed E-state index contributed by atoms with van der Waals surface area (Å²) in [5.41, 5.74) is 5.45. The summed E-state index contributed by atoms with van der Waals surface area (Å²) in [6, 6.07) is 14.0. The normalized spacial score (nSPS) is 13.9. The molecule has 30 heavy (non-hydrogen) atoms. The molecule has 2 amide bonds. The Balaban J connectivity index is 1.70. The molecule has 5 rings (SSSR count). The Morgan fingerprint density at radius 2 is 1.80 bits per heavy atom. The molecule has 0 unspecified atom stereocenters. The number of amides is 2. The number of aromatic nitrogens is 2. The van der Waals surface area contributed by atoms with Gasteiger partial charge in [-0.25, -0.2) is 9.97 Å². The average molecular weight is 433 g/mol. The van der Waals surface area contributed by atoms with E-state index in [4.69, 9.17) is 9.97 Å². The molecule has 0 bridgehead atoms. The van der Waals surface area contributed by atoms with Crippen LogP contribution in [0.15, 0.2) is 59.5 Å². The maximum atomic E-state index is 12.4. The maximum Gasteiger partial charge on any atom is 0.275 e. The van der Waals surface area contributed by atoms with Crippen molar-refractivity contribution in [1.29, 1.82) is 0 Å². The van der Waals surface area contributed by atoms with Crippen LogP contribution >= 0.6 is 22.7 Å². The van der Waals surface area contributed by atoms with Crippen LogP contribution in [0.2, 0.25) is 0 Å². The van der Waals surface area contributed by atoms with Crippen LogP contribution in [0.4, 0.5) is 5.82 Å². The Morgan fingerprint density at radius 3 is 2.47 bits per heavy atom. The van der Waals surface area contributed by atoms with Crippen molar-refractivity contribution in [2.45, 2.75) is 13.8 Å². The van der Waals surface area contributed by atoms with Gasteiger partial charge in [-0.1, -0.05) is 36.4 Å². The number of carbonyl (C=O) groups excluding carboxylic acids is 2. The number of anilines is 1. The monoisotopic (exact) mass is 432 g/mol. The minimum atomic E-state index is -0.405. The van der Waals surface area contributed by atoms with E-state index < -0.39 is 5.91 Å². The first kappa shape index (κ1) is 18.7. The van der Waals surface area contributed by atoms with Crippen molar-refractivity contribution in [2.24, 2.45) is 0 Å². The van der Waals surface area contributed by atoms with E-state index in [9.17, 15) is 9.59 Å². The molecule has 4 heterocycles. The fraction of sp³-hybridized carbons (Fsp3) is 0.0909. The molecule has 0 spiro atoms. The summed E-state index contributed by atoms with van der Waals surface area (Å²) in [5, 5.41) is 3.78. The average Bonchev–Trinajstić information content (AvgIpc) is 3.45. The maximum absolute atomic E-state index is 12.4. The van der Waals surface area contributed by atoms with Crippen LogP contribution in [0.1, 0.15) is 12.5 Å². The van der Waals surface area contributed by atoms with Crippen LogP contribution in [0, 0.1) is 6.92 Å². The third-order valence-corrected chi connectivity index (χ3v) is 6.99. The lowest BCUT2D eigenvalue weighted by Gasteiger charge is -2.17. The third-order valence-electron chi connectivity index (χ3n) is 4.89. The molecule has 0 aliphatic carbocycles. The lowest BCUT2D eigenvalue weighted by atomic mass is 10.1. The summed E-state index contributed by atoms with van der Waals surface area (Å²) >= 11 is 3.11. The minimum Gasteiger partial charge on any atom is -0.271 e. The second-order valence-corrected chi connectivity index (χ2v) is 8.84. The van der Waals surface area contributed by atoms with Gasteiger partial charge in [0.2, 0.25) is 0 Å². The second kappa shape index (κ2) is 7.16. The summed E-state index contributed by atoms with van der Waals surface area (Å²) in [4.78, 5) is 37.0. The van der Waals surface area contributed by atoms with Crippen molar-refractivity contribution in [3.05, 3.63) is 65.1 Å². The lowest BCUT2D eigenvalue weighted by molar-refractivity contribution is -0.135. The number of nitrogens with zero attached hydrogens (tertiary/aromatic N) is 3. The van der Waals surface area contributed by atoms with Crippen LogP contribution in [-0.2, 0) is 9.59 Å². The first-order valence-electron chi connectivity index (χ1n) is 9.26. The highest BCUT2D eigenvalue weighted by Gasteiger charge is 2.30. The number of nitrogens with one attached hydrogen (secondary N) is 1. The number of fused-ring (bicyclic) bond motifs is 1. The zero-order valence-corrected chi connectivity index (χ0v) is 17.8. The molecule has 0 atom stereocenters. The SMILES string of the molecule is CC1=CC(=O)N(Nc2nc(-c3cccs3)nc3sc(-c4ccccc4)c(C)c23)C1=O. The number of aryl methyl sites for hydroxylation is 1. The molecule has 1 aliphatic rings. The van der Waals surface area contributed by atoms with Crippen molar-refractivity contribution >= 4 is 50.5 Å². The van der Waals surface area contributed by atoms with Crippen molar-refractivity contribution in [3.8, 4) is 21.1 Å². The van der Waals surface area contributed by atoms with Crippen molar-refractivity contribution in [2.75, 3.05) is 5.43 Å². The van der Waals surface area contributed by atoms with E-state index in [1.807, 2.05) is 42.6 Å². The first-order valence-corrected chi connectivity index (χ1v) is 11.0. The zero-order valence-electron chi connectivity index (χ0n) is 16.2. The third kappa shape index (κ3) is 3.01. The molecule has 0 fully saturated rings. The Bertz CT molecular complexity index is 1320. The number of imide groups is 1. The van der Waals surface area contributed by atoms with E-state index in [0.29, 0.717) is 17.2 Å². The smallest absolute Gasteiger partial charge is 0.271 e. The summed E-state index contributed by atoms with van der Waals surface area (Å²) in [7, 11) is 0. The molecule has 0 saturated heterocycles. The van der Waals surface area contributed by atoms with Gasteiger partial charge in [-0.3, -0.25) is 15.0 Å². The van der Waals surface area contributed by atoms with Gasteiger partial charge in [0.15, 0.2) is 11.6 Å². The molecule has 1 N–H and O–H groups in total. The molecule has 6 nitrogen and oxygen atoms in total. The van der Waals surface area contributed by atoms with E-state index >= 15 is 0 Å². The zero-order chi connectivity index (χ0) is 20.8. The molecular weight excluding hydrogens is 416 g/mol. The molecule has 148 valence electrons. The number of hydrogen-bond acceptors (Lipinski definition) is 7. The topological polar surface area (TPSA) is 75.2 Å². The van der Waals surface area contributed by atoms with Crippen molar-refractivity contribution in [3.63, 3.8) is 0 Å². The van der Waals surface area contributed by atoms with Crippen LogP contribution in [-0.4, -0.2) is 26.8 Å². The van der Waals surface area contributed by atoms with Gasteiger partial charge in [-0.15, -0.1) is 22.7 Å². The molecule has 4 aromatic rings. The molecule has 0 radical (unpaired) electrons. The fourth-order valence-electron chi connectivity index (χ4n) is 3.40. The Morgan fingerprint density at radius 1 is 1.00 bits per heavy atom. The molecule has 1 aromatic carbocycles. The van der Waals surface area contributed by atoms with Crippen LogP contribution in [0.5, 0.6) is 0 Å². The van der Waals surface area contributed by atoms with Gasteiger partial charge in [0, 0.05) is 16.5 Å². The highest BCUT2D eigenvalue weighted by Crippen LogP contribution is 2.41. The van der Waals surface area contributed by atoms with Gasteiger partial charge in [-0.05, 0) is 36.4 Å². The molecule has 0 saturated carbocycles.